The first kappa shape index (κ1) is 25.9. The quantitative estimate of drug-likeness (QED) is 0.145. The van der Waals surface area contributed by atoms with E-state index in [-0.39, 0.29) is 11.6 Å². The first-order valence-electron chi connectivity index (χ1n) is 9.55. The SMILES string of the molecule is CC(=O)OC[C@H]1O[C@@H](O[Si](C)(C)C(C)(C)C)[C@H](N=[N+]=[N-])[C@@H](OC(C)=O)[C@@H]1OC(C)=O. The van der Waals surface area contributed by atoms with Gasteiger partial charge in [0.05, 0.1) is 0 Å². The lowest BCUT2D eigenvalue weighted by molar-refractivity contribution is -0.255. The van der Waals surface area contributed by atoms with Crippen molar-refractivity contribution in [3.05, 3.63) is 10.4 Å². The molecule has 0 aliphatic carbocycles. The Bertz CT molecular complexity index is 702. The summed E-state index contributed by atoms with van der Waals surface area (Å²) >= 11 is 0. The smallest absolute Gasteiger partial charge is 0.303 e. The number of hydrogen-bond acceptors (Lipinski definition) is 9. The molecule has 5 atom stereocenters. The van der Waals surface area contributed by atoms with Gasteiger partial charge in [-0.15, -0.1) is 0 Å². The van der Waals surface area contributed by atoms with Crippen LogP contribution in [0.25, 0.3) is 10.4 Å². The van der Waals surface area contributed by atoms with Crippen molar-refractivity contribution in [2.45, 2.75) is 90.3 Å². The average Bonchev–Trinajstić information content (AvgIpc) is 2.56. The van der Waals surface area contributed by atoms with Gasteiger partial charge in [0.25, 0.3) is 0 Å². The zero-order valence-electron chi connectivity index (χ0n) is 18.7. The van der Waals surface area contributed by atoms with Crippen LogP contribution in [-0.4, -0.2) is 63.5 Å². The van der Waals surface area contributed by atoms with Gasteiger partial charge in [-0.05, 0) is 23.7 Å². The number of esters is 3. The molecule has 1 fully saturated rings. The summed E-state index contributed by atoms with van der Waals surface area (Å²) in [5, 5.41) is 3.53. The Morgan fingerprint density at radius 2 is 1.57 bits per heavy atom. The molecule has 0 radical (unpaired) electrons. The van der Waals surface area contributed by atoms with Gasteiger partial charge < -0.3 is 23.4 Å². The lowest BCUT2D eigenvalue weighted by Gasteiger charge is -2.47. The molecule has 0 spiro atoms. The van der Waals surface area contributed by atoms with Gasteiger partial charge in [0.2, 0.25) is 0 Å². The maximum Gasteiger partial charge on any atom is 0.303 e. The van der Waals surface area contributed by atoms with Crippen LogP contribution in [0.2, 0.25) is 18.1 Å². The average molecular weight is 446 g/mol. The number of azide groups is 1. The fraction of sp³-hybridized carbons (Fsp3) is 0.833. The van der Waals surface area contributed by atoms with Crippen LogP contribution in [0.4, 0.5) is 0 Å². The molecular formula is C18H31N3O8Si. The summed E-state index contributed by atoms with van der Waals surface area (Å²) in [7, 11) is -2.43. The van der Waals surface area contributed by atoms with Crippen molar-refractivity contribution in [2.75, 3.05) is 6.61 Å². The molecule has 0 saturated carbocycles. The highest BCUT2D eigenvalue weighted by Crippen LogP contribution is 2.40. The lowest BCUT2D eigenvalue weighted by atomic mass is 9.97. The zero-order chi connectivity index (χ0) is 23.3. The Morgan fingerprint density at radius 3 is 2.00 bits per heavy atom. The van der Waals surface area contributed by atoms with Gasteiger partial charge in [-0.3, -0.25) is 14.4 Å². The Kier molecular flexibility index (Phi) is 8.85. The molecule has 0 unspecified atom stereocenters. The third-order valence-electron chi connectivity index (χ3n) is 5.07. The Morgan fingerprint density at radius 1 is 1.03 bits per heavy atom. The van der Waals surface area contributed by atoms with Gasteiger partial charge in [0.15, 0.2) is 26.8 Å². The van der Waals surface area contributed by atoms with Gasteiger partial charge in [-0.2, -0.15) is 0 Å². The predicted octanol–water partition coefficient (Wildman–Crippen LogP) is 2.84. The van der Waals surface area contributed by atoms with Crippen LogP contribution in [0, 0.1) is 0 Å². The minimum atomic E-state index is -2.43. The van der Waals surface area contributed by atoms with E-state index in [4.69, 9.17) is 28.9 Å². The molecule has 12 heteroatoms. The van der Waals surface area contributed by atoms with E-state index in [1.165, 1.54) is 20.8 Å². The molecule has 1 saturated heterocycles. The second-order valence-corrected chi connectivity index (χ2v) is 13.3. The van der Waals surface area contributed by atoms with E-state index >= 15 is 0 Å². The Hall–Kier alpha value is -2.14. The molecule has 1 aliphatic rings. The number of carbonyl (C=O) groups is 3. The molecule has 11 nitrogen and oxygen atoms in total. The summed E-state index contributed by atoms with van der Waals surface area (Å²) in [4.78, 5) is 37.6. The third-order valence-corrected chi connectivity index (χ3v) is 9.51. The Labute approximate surface area is 177 Å². The van der Waals surface area contributed by atoms with Crippen LogP contribution in [-0.2, 0) is 37.8 Å². The number of ether oxygens (including phenoxy) is 4. The minimum Gasteiger partial charge on any atom is -0.463 e. The molecule has 0 amide bonds. The molecule has 1 heterocycles. The Balaban J connectivity index is 3.41. The molecule has 0 aromatic heterocycles. The van der Waals surface area contributed by atoms with Gasteiger partial charge >= 0.3 is 17.9 Å². The minimum absolute atomic E-state index is 0.202. The first-order chi connectivity index (χ1) is 13.7. The van der Waals surface area contributed by atoms with Gasteiger partial charge in [0, 0.05) is 25.7 Å². The highest BCUT2D eigenvalue weighted by Gasteiger charge is 2.53. The van der Waals surface area contributed by atoms with Crippen LogP contribution in [0.3, 0.4) is 0 Å². The van der Waals surface area contributed by atoms with Crippen molar-refractivity contribution in [3.63, 3.8) is 0 Å². The molecule has 0 bridgehead atoms. The summed E-state index contributed by atoms with van der Waals surface area (Å²) in [6.07, 6.45) is -4.45. The molecule has 1 rings (SSSR count). The normalized spacial score (nSPS) is 26.9. The molecule has 170 valence electrons. The van der Waals surface area contributed by atoms with Crippen LogP contribution >= 0.6 is 0 Å². The number of rotatable bonds is 7. The van der Waals surface area contributed by atoms with E-state index in [1.54, 1.807) is 0 Å². The highest BCUT2D eigenvalue weighted by atomic mass is 28.4. The summed E-state index contributed by atoms with van der Waals surface area (Å²) < 4.78 is 28.0. The number of nitrogens with zero attached hydrogens (tertiary/aromatic N) is 3. The highest BCUT2D eigenvalue weighted by molar-refractivity contribution is 6.74. The van der Waals surface area contributed by atoms with Gasteiger partial charge in [-0.1, -0.05) is 25.9 Å². The molecule has 0 N–H and O–H groups in total. The topological polar surface area (TPSA) is 146 Å². The van der Waals surface area contributed by atoms with E-state index in [9.17, 15) is 14.4 Å². The molecule has 30 heavy (non-hydrogen) atoms. The first-order valence-corrected chi connectivity index (χ1v) is 12.5. The fourth-order valence-corrected chi connectivity index (χ4v) is 3.76. The van der Waals surface area contributed by atoms with Crippen molar-refractivity contribution in [2.24, 2.45) is 5.11 Å². The summed E-state index contributed by atoms with van der Waals surface area (Å²) in [5.74, 6) is -1.91. The van der Waals surface area contributed by atoms with Crippen molar-refractivity contribution in [1.82, 2.24) is 0 Å². The van der Waals surface area contributed by atoms with Crippen molar-refractivity contribution < 1.29 is 37.8 Å². The van der Waals surface area contributed by atoms with E-state index in [2.05, 4.69) is 10.0 Å². The van der Waals surface area contributed by atoms with Crippen LogP contribution < -0.4 is 0 Å². The van der Waals surface area contributed by atoms with Crippen molar-refractivity contribution >= 4 is 26.2 Å². The lowest BCUT2D eigenvalue weighted by Crippen LogP contribution is -2.63. The maximum absolute atomic E-state index is 11.8. The van der Waals surface area contributed by atoms with E-state index < -0.39 is 56.9 Å². The number of hydrogen-bond donors (Lipinski definition) is 0. The van der Waals surface area contributed by atoms with Crippen molar-refractivity contribution in [3.8, 4) is 0 Å². The summed E-state index contributed by atoms with van der Waals surface area (Å²) in [5.41, 5.74) is 9.10. The largest absolute Gasteiger partial charge is 0.463 e. The van der Waals surface area contributed by atoms with Crippen LogP contribution in [0.15, 0.2) is 5.11 Å². The molecule has 0 aromatic carbocycles. The monoisotopic (exact) mass is 445 g/mol. The van der Waals surface area contributed by atoms with Gasteiger partial charge in [0.1, 0.15) is 18.8 Å². The standard InChI is InChI=1S/C18H31N3O8Si/c1-10(22)25-9-13-15(26-11(2)23)16(27-12(3)24)14(20-21-19)17(28-13)29-30(7,8)18(4,5)6/h13-17H,9H2,1-8H3/t13-,14-,15-,16-,17+/m1/s1. The summed E-state index contributed by atoms with van der Waals surface area (Å²) in [6, 6.07) is -1.12. The zero-order valence-corrected chi connectivity index (χ0v) is 19.7. The van der Waals surface area contributed by atoms with Crippen LogP contribution in [0.5, 0.6) is 0 Å². The maximum atomic E-state index is 11.8. The molecule has 0 aromatic rings. The second kappa shape index (κ2) is 10.2. The van der Waals surface area contributed by atoms with E-state index in [0.29, 0.717) is 0 Å². The third kappa shape index (κ3) is 6.98. The fourth-order valence-electron chi connectivity index (χ4n) is 2.63. The van der Waals surface area contributed by atoms with E-state index in [1.807, 2.05) is 33.9 Å². The number of carbonyl (C=O) groups excluding carboxylic acids is 3. The van der Waals surface area contributed by atoms with Gasteiger partial charge in [-0.25, -0.2) is 0 Å². The summed E-state index contributed by atoms with van der Waals surface area (Å²) in [6.45, 7) is 13.3. The van der Waals surface area contributed by atoms with E-state index in [0.717, 1.165) is 0 Å². The predicted molar refractivity (Wildman–Crippen MR) is 108 cm³/mol. The molecular weight excluding hydrogens is 414 g/mol. The molecule has 1 aliphatic heterocycles. The van der Waals surface area contributed by atoms with Crippen molar-refractivity contribution in [1.29, 1.82) is 0 Å². The second-order valence-electron chi connectivity index (χ2n) is 8.57. The van der Waals surface area contributed by atoms with Crippen LogP contribution in [0.1, 0.15) is 41.5 Å².